The van der Waals surface area contributed by atoms with E-state index in [0.29, 0.717) is 6.42 Å². The number of likely N-dealkylation sites (tertiary alicyclic amines) is 1. The summed E-state index contributed by atoms with van der Waals surface area (Å²) in [6, 6.07) is 7.21. The summed E-state index contributed by atoms with van der Waals surface area (Å²) in [6.45, 7) is 1.78. The van der Waals surface area contributed by atoms with Gasteiger partial charge < -0.3 is 9.84 Å². The van der Waals surface area contributed by atoms with Gasteiger partial charge in [0.05, 0.1) is 7.11 Å². The van der Waals surface area contributed by atoms with Gasteiger partial charge in [0, 0.05) is 0 Å². The Labute approximate surface area is 107 Å². The lowest BCUT2D eigenvalue weighted by atomic mass is 10.0. The lowest BCUT2D eigenvalue weighted by Crippen LogP contribution is -2.40. The lowest BCUT2D eigenvalue weighted by Gasteiger charge is -2.23. The Kier molecular flexibility index (Phi) is 4.20. The quantitative estimate of drug-likeness (QED) is 0.864. The predicted molar refractivity (Wildman–Crippen MR) is 68.9 cm³/mol. The fourth-order valence-electron chi connectivity index (χ4n) is 2.45. The summed E-state index contributed by atoms with van der Waals surface area (Å²) in [6.07, 6.45) is 2.73. The number of benzene rings is 1. The van der Waals surface area contributed by atoms with Crippen LogP contribution in [0.1, 0.15) is 18.4 Å². The van der Waals surface area contributed by atoms with E-state index in [2.05, 4.69) is 4.90 Å². The Morgan fingerprint density at radius 2 is 2.17 bits per heavy atom. The largest absolute Gasteiger partial charge is 0.497 e. The summed E-state index contributed by atoms with van der Waals surface area (Å²) in [5.74, 6) is 0.0396. The zero-order chi connectivity index (χ0) is 13.0. The van der Waals surface area contributed by atoms with Crippen molar-refractivity contribution in [3.63, 3.8) is 0 Å². The number of nitrogens with zero attached hydrogens (tertiary/aromatic N) is 1. The maximum absolute atomic E-state index is 11.4. The van der Waals surface area contributed by atoms with Crippen molar-refractivity contribution in [3.8, 4) is 5.75 Å². The van der Waals surface area contributed by atoms with Crippen LogP contribution in [0.25, 0.3) is 0 Å². The molecule has 1 aliphatic rings. The van der Waals surface area contributed by atoms with Crippen LogP contribution in [0.15, 0.2) is 24.3 Å². The van der Waals surface area contributed by atoms with E-state index in [4.69, 9.17) is 4.74 Å². The first-order chi connectivity index (χ1) is 8.70. The molecule has 1 aliphatic heterocycles. The van der Waals surface area contributed by atoms with Crippen LogP contribution < -0.4 is 4.74 Å². The number of hydrogen-bond acceptors (Lipinski definition) is 3. The Bertz CT molecular complexity index is 413. The molecule has 0 aromatic heterocycles. The second-order valence-electron chi connectivity index (χ2n) is 4.65. The number of carboxylic acids is 1. The Hall–Kier alpha value is -1.55. The molecular formula is C14H19NO3. The van der Waals surface area contributed by atoms with E-state index in [1.165, 1.54) is 0 Å². The van der Waals surface area contributed by atoms with Crippen LogP contribution in [0.5, 0.6) is 5.75 Å². The molecule has 1 aromatic rings. The van der Waals surface area contributed by atoms with Crippen molar-refractivity contribution < 1.29 is 14.6 Å². The minimum atomic E-state index is -0.736. The van der Waals surface area contributed by atoms with Crippen LogP contribution >= 0.6 is 0 Å². The molecule has 1 saturated heterocycles. The molecule has 1 N–H and O–H groups in total. The fourth-order valence-corrected chi connectivity index (χ4v) is 2.45. The van der Waals surface area contributed by atoms with E-state index in [0.717, 1.165) is 37.2 Å². The number of aliphatic carboxylic acids is 1. The SMILES string of the molecule is COc1cccc(C[C@H](C(=O)O)N2CCCC2)c1. The summed E-state index contributed by atoms with van der Waals surface area (Å²) in [7, 11) is 1.62. The Morgan fingerprint density at radius 3 is 2.78 bits per heavy atom. The minimum Gasteiger partial charge on any atom is -0.497 e. The highest BCUT2D eigenvalue weighted by Gasteiger charge is 2.27. The molecule has 0 amide bonds. The van der Waals surface area contributed by atoms with E-state index in [1.54, 1.807) is 7.11 Å². The summed E-state index contributed by atoms with van der Waals surface area (Å²) in [5, 5.41) is 9.35. The standard InChI is InChI=1S/C14H19NO3/c1-18-12-6-4-5-11(9-12)10-13(14(16)17)15-7-2-3-8-15/h4-6,9,13H,2-3,7-8,10H2,1H3,(H,16,17)/t13-/m1/s1. The van der Waals surface area contributed by atoms with Crippen LogP contribution in [-0.2, 0) is 11.2 Å². The molecular weight excluding hydrogens is 230 g/mol. The average Bonchev–Trinajstić information content (AvgIpc) is 2.89. The zero-order valence-electron chi connectivity index (χ0n) is 10.6. The van der Waals surface area contributed by atoms with Gasteiger partial charge in [0.25, 0.3) is 0 Å². The number of hydrogen-bond donors (Lipinski definition) is 1. The summed E-state index contributed by atoms with van der Waals surface area (Å²) in [4.78, 5) is 13.4. The Balaban J connectivity index is 2.10. The lowest BCUT2D eigenvalue weighted by molar-refractivity contribution is -0.142. The second kappa shape index (κ2) is 5.87. The van der Waals surface area contributed by atoms with Crippen molar-refractivity contribution in [1.82, 2.24) is 4.90 Å². The topological polar surface area (TPSA) is 49.8 Å². The van der Waals surface area contributed by atoms with Gasteiger partial charge in [-0.3, -0.25) is 9.69 Å². The first-order valence-corrected chi connectivity index (χ1v) is 6.30. The van der Waals surface area contributed by atoms with Crippen molar-refractivity contribution in [1.29, 1.82) is 0 Å². The number of carboxylic acid groups (broad SMARTS) is 1. The van der Waals surface area contributed by atoms with Gasteiger partial charge in [-0.25, -0.2) is 0 Å². The van der Waals surface area contributed by atoms with Crippen LogP contribution in [0.3, 0.4) is 0 Å². The highest BCUT2D eigenvalue weighted by atomic mass is 16.5. The fraction of sp³-hybridized carbons (Fsp3) is 0.500. The van der Waals surface area contributed by atoms with Crippen molar-refractivity contribution in [2.24, 2.45) is 0 Å². The average molecular weight is 249 g/mol. The summed E-state index contributed by atoms with van der Waals surface area (Å²) < 4.78 is 5.16. The monoisotopic (exact) mass is 249 g/mol. The summed E-state index contributed by atoms with van der Waals surface area (Å²) in [5.41, 5.74) is 1.01. The van der Waals surface area contributed by atoms with Gasteiger partial charge in [-0.15, -0.1) is 0 Å². The molecule has 1 atom stereocenters. The van der Waals surface area contributed by atoms with E-state index < -0.39 is 12.0 Å². The van der Waals surface area contributed by atoms with Crippen molar-refractivity contribution >= 4 is 5.97 Å². The normalized spacial score (nSPS) is 17.6. The third-order valence-electron chi connectivity index (χ3n) is 3.43. The highest BCUT2D eigenvalue weighted by Crippen LogP contribution is 2.19. The molecule has 4 heteroatoms. The van der Waals surface area contributed by atoms with Gasteiger partial charge in [-0.05, 0) is 50.0 Å². The number of methoxy groups -OCH3 is 1. The zero-order valence-corrected chi connectivity index (χ0v) is 10.6. The number of ether oxygens (including phenoxy) is 1. The molecule has 0 saturated carbocycles. The third-order valence-corrected chi connectivity index (χ3v) is 3.43. The molecule has 0 bridgehead atoms. The van der Waals surface area contributed by atoms with Gasteiger partial charge in [0.1, 0.15) is 11.8 Å². The van der Waals surface area contributed by atoms with Gasteiger partial charge in [0.15, 0.2) is 0 Å². The van der Waals surface area contributed by atoms with Gasteiger partial charge in [0.2, 0.25) is 0 Å². The first-order valence-electron chi connectivity index (χ1n) is 6.30. The molecule has 1 heterocycles. The van der Waals surface area contributed by atoms with Gasteiger partial charge in [-0.2, -0.15) is 0 Å². The molecule has 98 valence electrons. The third kappa shape index (κ3) is 3.01. The molecule has 18 heavy (non-hydrogen) atoms. The maximum atomic E-state index is 11.4. The molecule has 2 rings (SSSR count). The molecule has 1 fully saturated rings. The highest BCUT2D eigenvalue weighted by molar-refractivity contribution is 5.74. The van der Waals surface area contributed by atoms with Crippen molar-refractivity contribution in [3.05, 3.63) is 29.8 Å². The smallest absolute Gasteiger partial charge is 0.321 e. The van der Waals surface area contributed by atoms with Crippen LogP contribution in [0.4, 0.5) is 0 Å². The van der Waals surface area contributed by atoms with Crippen molar-refractivity contribution in [2.45, 2.75) is 25.3 Å². The first kappa shape index (κ1) is 12.9. The second-order valence-corrected chi connectivity index (χ2v) is 4.65. The molecule has 0 aliphatic carbocycles. The molecule has 0 radical (unpaired) electrons. The van der Waals surface area contributed by atoms with Crippen LogP contribution in [0, 0.1) is 0 Å². The van der Waals surface area contributed by atoms with Crippen LogP contribution in [0.2, 0.25) is 0 Å². The molecule has 4 nitrogen and oxygen atoms in total. The van der Waals surface area contributed by atoms with Crippen molar-refractivity contribution in [2.75, 3.05) is 20.2 Å². The Morgan fingerprint density at radius 1 is 1.44 bits per heavy atom. The van der Waals surface area contributed by atoms with Gasteiger partial charge >= 0.3 is 5.97 Å². The molecule has 0 spiro atoms. The van der Waals surface area contributed by atoms with E-state index in [1.807, 2.05) is 24.3 Å². The number of rotatable bonds is 5. The predicted octanol–water partition coefficient (Wildman–Crippen LogP) is 1.79. The van der Waals surface area contributed by atoms with Crippen LogP contribution in [-0.4, -0.2) is 42.2 Å². The van der Waals surface area contributed by atoms with Gasteiger partial charge in [-0.1, -0.05) is 12.1 Å². The minimum absolute atomic E-state index is 0.417. The van der Waals surface area contributed by atoms with E-state index in [9.17, 15) is 9.90 Å². The molecule has 1 aromatic carbocycles. The maximum Gasteiger partial charge on any atom is 0.321 e. The summed E-state index contributed by atoms with van der Waals surface area (Å²) >= 11 is 0. The molecule has 0 unspecified atom stereocenters. The van der Waals surface area contributed by atoms with E-state index in [-0.39, 0.29) is 0 Å². The van der Waals surface area contributed by atoms with E-state index >= 15 is 0 Å². The number of carbonyl (C=O) groups is 1.